The number of amides is 2. The molecule has 0 spiro atoms. The van der Waals surface area contributed by atoms with Gasteiger partial charge in [0, 0.05) is 11.7 Å². The molecular formula is C15H23N3O3S. The largest absolute Gasteiger partial charge is 0.335 e. The first-order valence-electron chi connectivity index (χ1n) is 7.48. The zero-order chi connectivity index (χ0) is 16.2. The zero-order valence-electron chi connectivity index (χ0n) is 12.9. The van der Waals surface area contributed by atoms with Gasteiger partial charge in [0.1, 0.15) is 0 Å². The third-order valence-corrected chi connectivity index (χ3v) is 4.33. The molecule has 7 heteroatoms. The molecule has 0 aromatic heterocycles. The lowest BCUT2D eigenvalue weighted by Gasteiger charge is -2.18. The predicted molar refractivity (Wildman–Crippen MR) is 87.2 cm³/mol. The van der Waals surface area contributed by atoms with Crippen LogP contribution in [0.5, 0.6) is 0 Å². The maximum atomic E-state index is 12.0. The number of rotatable bonds is 5. The fourth-order valence-electron chi connectivity index (χ4n) is 2.66. The first-order chi connectivity index (χ1) is 10.3. The summed E-state index contributed by atoms with van der Waals surface area (Å²) in [4.78, 5) is 12.0. The Morgan fingerprint density at radius 2 is 1.95 bits per heavy atom. The van der Waals surface area contributed by atoms with Crippen molar-refractivity contribution < 1.29 is 13.2 Å². The third kappa shape index (κ3) is 5.22. The number of anilines is 1. The Labute approximate surface area is 131 Å². The zero-order valence-corrected chi connectivity index (χ0v) is 13.7. The quantitative estimate of drug-likeness (QED) is 0.776. The van der Waals surface area contributed by atoms with Crippen LogP contribution in [0.15, 0.2) is 24.3 Å². The molecule has 0 unspecified atom stereocenters. The molecule has 1 aliphatic rings. The summed E-state index contributed by atoms with van der Waals surface area (Å²) in [6, 6.07) is 6.90. The Bertz CT molecular complexity index is 625. The fraction of sp³-hybridized carbons (Fsp3) is 0.533. The lowest BCUT2D eigenvalue weighted by Crippen LogP contribution is -2.41. The van der Waals surface area contributed by atoms with Crippen molar-refractivity contribution in [1.82, 2.24) is 10.6 Å². The minimum absolute atomic E-state index is 0.180. The van der Waals surface area contributed by atoms with Gasteiger partial charge in [-0.2, -0.15) is 0 Å². The van der Waals surface area contributed by atoms with E-state index in [0.29, 0.717) is 5.69 Å². The topological polar surface area (TPSA) is 87.3 Å². The summed E-state index contributed by atoms with van der Waals surface area (Å²) in [6.45, 7) is 1.87. The molecule has 22 heavy (non-hydrogen) atoms. The number of urea groups is 1. The summed E-state index contributed by atoms with van der Waals surface area (Å²) in [5.74, 6) is 0. The van der Waals surface area contributed by atoms with E-state index < -0.39 is 10.0 Å². The average Bonchev–Trinajstić information content (AvgIpc) is 2.89. The number of hydrogen-bond acceptors (Lipinski definition) is 3. The molecule has 122 valence electrons. The molecule has 0 radical (unpaired) electrons. The van der Waals surface area contributed by atoms with E-state index >= 15 is 0 Å². The van der Waals surface area contributed by atoms with Crippen LogP contribution in [0.4, 0.5) is 10.5 Å². The maximum Gasteiger partial charge on any atom is 0.315 e. The number of nitrogens with one attached hydrogen (secondary N) is 3. The number of benzene rings is 1. The van der Waals surface area contributed by atoms with Crippen molar-refractivity contribution >= 4 is 21.7 Å². The molecule has 0 saturated heterocycles. The van der Waals surface area contributed by atoms with Crippen LogP contribution in [0.1, 0.15) is 44.2 Å². The van der Waals surface area contributed by atoms with E-state index in [4.69, 9.17) is 0 Å². The van der Waals surface area contributed by atoms with Crippen molar-refractivity contribution in [2.75, 3.05) is 11.0 Å². The number of carbonyl (C=O) groups is 1. The lowest BCUT2D eigenvalue weighted by molar-refractivity contribution is 0.234. The fourth-order valence-corrected chi connectivity index (χ4v) is 3.22. The lowest BCUT2D eigenvalue weighted by atomic mass is 10.1. The Morgan fingerprint density at radius 3 is 2.59 bits per heavy atom. The van der Waals surface area contributed by atoms with Gasteiger partial charge in [0.2, 0.25) is 10.0 Å². The van der Waals surface area contributed by atoms with Gasteiger partial charge in [0.05, 0.1) is 12.3 Å². The molecule has 1 fully saturated rings. The maximum absolute atomic E-state index is 12.0. The van der Waals surface area contributed by atoms with Crippen LogP contribution in [-0.4, -0.2) is 26.7 Å². The number of hydrogen-bond donors (Lipinski definition) is 3. The third-order valence-electron chi connectivity index (χ3n) is 3.73. The van der Waals surface area contributed by atoms with Gasteiger partial charge in [-0.1, -0.05) is 25.0 Å². The van der Waals surface area contributed by atoms with Gasteiger partial charge in [-0.25, -0.2) is 13.2 Å². The minimum Gasteiger partial charge on any atom is -0.335 e. The second-order valence-corrected chi connectivity index (χ2v) is 7.57. The second kappa shape index (κ2) is 7.00. The van der Waals surface area contributed by atoms with E-state index in [2.05, 4.69) is 15.4 Å². The van der Waals surface area contributed by atoms with Crippen LogP contribution in [0.3, 0.4) is 0 Å². The Kier molecular flexibility index (Phi) is 5.28. The van der Waals surface area contributed by atoms with E-state index in [9.17, 15) is 13.2 Å². The van der Waals surface area contributed by atoms with Crippen molar-refractivity contribution in [3.63, 3.8) is 0 Å². The first-order valence-corrected chi connectivity index (χ1v) is 9.37. The van der Waals surface area contributed by atoms with Crippen LogP contribution in [-0.2, 0) is 10.0 Å². The van der Waals surface area contributed by atoms with Gasteiger partial charge in [-0.15, -0.1) is 0 Å². The van der Waals surface area contributed by atoms with Crippen LogP contribution in [0, 0.1) is 0 Å². The monoisotopic (exact) mass is 325 g/mol. The number of carbonyl (C=O) groups excluding carboxylic acids is 1. The minimum atomic E-state index is -3.31. The molecule has 2 rings (SSSR count). The summed E-state index contributed by atoms with van der Waals surface area (Å²) in [6.07, 6.45) is 5.51. The smallest absolute Gasteiger partial charge is 0.315 e. The first kappa shape index (κ1) is 16.6. The van der Waals surface area contributed by atoms with Gasteiger partial charge in [-0.3, -0.25) is 4.72 Å². The molecule has 6 nitrogen and oxygen atoms in total. The molecule has 1 aromatic rings. The van der Waals surface area contributed by atoms with E-state index in [-0.39, 0.29) is 18.1 Å². The van der Waals surface area contributed by atoms with Gasteiger partial charge in [-0.05, 0) is 37.5 Å². The molecule has 1 saturated carbocycles. The summed E-state index contributed by atoms with van der Waals surface area (Å²) in [5.41, 5.74) is 1.33. The van der Waals surface area contributed by atoms with E-state index in [1.807, 2.05) is 13.0 Å². The molecule has 0 aliphatic heterocycles. The summed E-state index contributed by atoms with van der Waals surface area (Å²) < 4.78 is 25.0. The highest BCUT2D eigenvalue weighted by Crippen LogP contribution is 2.19. The second-order valence-electron chi connectivity index (χ2n) is 5.82. The molecule has 0 heterocycles. The van der Waals surface area contributed by atoms with Crippen molar-refractivity contribution in [2.45, 2.75) is 44.7 Å². The van der Waals surface area contributed by atoms with Crippen LogP contribution in [0.2, 0.25) is 0 Å². The van der Waals surface area contributed by atoms with Gasteiger partial charge in [0.15, 0.2) is 0 Å². The summed E-state index contributed by atoms with van der Waals surface area (Å²) >= 11 is 0. The van der Waals surface area contributed by atoms with Crippen LogP contribution >= 0.6 is 0 Å². The molecule has 2 amide bonds. The molecular weight excluding hydrogens is 302 g/mol. The Morgan fingerprint density at radius 1 is 1.27 bits per heavy atom. The number of sulfonamides is 1. The Hall–Kier alpha value is -1.76. The standard InChI is InChI=1S/C15H23N3O3S/c1-11(16-15(19)17-13-7-3-4-8-13)12-6-5-9-14(10-12)18-22(2,20)21/h5-6,9-11,13,18H,3-4,7-8H2,1-2H3,(H2,16,17,19)/t11-/m0/s1. The van der Waals surface area contributed by atoms with Crippen molar-refractivity contribution in [1.29, 1.82) is 0 Å². The summed E-state index contributed by atoms with van der Waals surface area (Å²) in [7, 11) is -3.31. The van der Waals surface area contributed by atoms with E-state index in [1.54, 1.807) is 18.2 Å². The van der Waals surface area contributed by atoms with Gasteiger partial charge in [0.25, 0.3) is 0 Å². The van der Waals surface area contributed by atoms with E-state index in [1.165, 1.54) is 12.8 Å². The van der Waals surface area contributed by atoms with Gasteiger partial charge >= 0.3 is 6.03 Å². The predicted octanol–water partition coefficient (Wildman–Crippen LogP) is 2.36. The van der Waals surface area contributed by atoms with Crippen LogP contribution < -0.4 is 15.4 Å². The highest BCUT2D eigenvalue weighted by atomic mass is 32.2. The molecule has 0 bridgehead atoms. The SMILES string of the molecule is C[C@H](NC(=O)NC1CCCC1)c1cccc(NS(C)(=O)=O)c1. The van der Waals surface area contributed by atoms with Crippen molar-refractivity contribution in [3.05, 3.63) is 29.8 Å². The normalized spacial score (nSPS) is 17.0. The molecule has 1 aromatic carbocycles. The van der Waals surface area contributed by atoms with Gasteiger partial charge < -0.3 is 10.6 Å². The highest BCUT2D eigenvalue weighted by molar-refractivity contribution is 7.92. The van der Waals surface area contributed by atoms with Crippen LogP contribution in [0.25, 0.3) is 0 Å². The van der Waals surface area contributed by atoms with Crippen molar-refractivity contribution in [2.24, 2.45) is 0 Å². The highest BCUT2D eigenvalue weighted by Gasteiger charge is 2.18. The average molecular weight is 325 g/mol. The molecule has 1 aliphatic carbocycles. The summed E-state index contributed by atoms with van der Waals surface area (Å²) in [5, 5.41) is 5.86. The van der Waals surface area contributed by atoms with Crippen molar-refractivity contribution in [3.8, 4) is 0 Å². The Balaban J connectivity index is 1.95. The van der Waals surface area contributed by atoms with E-state index in [0.717, 1.165) is 24.7 Å². The molecule has 3 N–H and O–H groups in total. The molecule has 1 atom stereocenters.